The van der Waals surface area contributed by atoms with Gasteiger partial charge in [-0.15, -0.1) is 11.3 Å². The van der Waals surface area contributed by atoms with E-state index in [2.05, 4.69) is 60.2 Å². The van der Waals surface area contributed by atoms with Gasteiger partial charge in [0, 0.05) is 12.6 Å². The van der Waals surface area contributed by atoms with Gasteiger partial charge in [0.15, 0.2) is 6.54 Å². The molecule has 6 heteroatoms. The van der Waals surface area contributed by atoms with Crippen LogP contribution in [-0.2, 0) is 16.0 Å². The third-order valence-corrected chi connectivity index (χ3v) is 5.05. The van der Waals surface area contributed by atoms with E-state index in [1.807, 2.05) is 11.4 Å². The van der Waals surface area contributed by atoms with Gasteiger partial charge in [0.2, 0.25) is 5.91 Å². The molecule has 0 aliphatic carbocycles. The monoisotopic (exact) mass is 374 g/mol. The van der Waals surface area contributed by atoms with Gasteiger partial charge in [-0.3, -0.25) is 9.59 Å². The number of benzene rings is 1. The average molecular weight is 375 g/mol. The maximum Gasteiger partial charge on any atom is 0.275 e. The Kier molecular flexibility index (Phi) is 7.81. The van der Waals surface area contributed by atoms with Crippen LogP contribution < -0.4 is 16.0 Å². The van der Waals surface area contributed by atoms with Gasteiger partial charge in [-0.2, -0.15) is 0 Å². The topological polar surface area (TPSA) is 74.8 Å². The predicted octanol–water partition coefficient (Wildman–Crippen LogP) is 1.46. The summed E-state index contributed by atoms with van der Waals surface area (Å²) in [6, 6.07) is 12.9. The highest BCUT2D eigenvalue weighted by Crippen LogP contribution is 2.23. The second-order valence-electron chi connectivity index (χ2n) is 6.72. The summed E-state index contributed by atoms with van der Waals surface area (Å²) in [6.07, 6.45) is 1.07. The second-order valence-corrected chi connectivity index (χ2v) is 7.70. The third kappa shape index (κ3) is 6.28. The van der Waals surface area contributed by atoms with Gasteiger partial charge in [-0.1, -0.05) is 44.2 Å². The minimum atomic E-state index is -0.200. The molecule has 1 aromatic heterocycles. The Morgan fingerprint density at radius 2 is 1.85 bits per heavy atom. The van der Waals surface area contributed by atoms with Crippen molar-refractivity contribution in [3.63, 3.8) is 0 Å². The number of quaternary nitrogens is 1. The lowest BCUT2D eigenvalue weighted by atomic mass is 9.99. The van der Waals surface area contributed by atoms with Crippen molar-refractivity contribution < 1.29 is 14.9 Å². The van der Waals surface area contributed by atoms with Gasteiger partial charge in [-0.05, 0) is 29.3 Å². The molecule has 0 aliphatic heterocycles. The molecule has 0 fully saturated rings. The summed E-state index contributed by atoms with van der Waals surface area (Å²) in [6.45, 7) is 4.71. The number of carbonyl (C=O) groups excluding carboxylic acids is 2. The standard InChI is InChI=1S/C20H27N3O2S/c1-14(2)11-15-6-8-16(9-7-15)20(17-5-4-10-26-17)23-13-19(25)22-12-18(24)21-3/h4-10,14,20,23H,11-13H2,1-3H3,(H,21,24)(H,22,25)/p+1/t20-/m1/s1. The van der Waals surface area contributed by atoms with Crippen LogP contribution in [-0.4, -0.2) is 32.0 Å². The number of nitrogens with two attached hydrogens (primary N) is 1. The number of hydrogen-bond acceptors (Lipinski definition) is 3. The molecule has 1 aromatic carbocycles. The smallest absolute Gasteiger partial charge is 0.275 e. The molecule has 0 saturated carbocycles. The minimum Gasteiger partial charge on any atom is -0.358 e. The Hall–Kier alpha value is -2.18. The van der Waals surface area contributed by atoms with Crippen molar-refractivity contribution >= 4 is 23.2 Å². The van der Waals surface area contributed by atoms with E-state index >= 15 is 0 Å². The van der Waals surface area contributed by atoms with Gasteiger partial charge in [0.05, 0.1) is 11.4 Å². The van der Waals surface area contributed by atoms with Crippen LogP contribution in [0.15, 0.2) is 41.8 Å². The number of likely N-dealkylation sites (N-methyl/N-ethyl adjacent to an activating group) is 1. The zero-order valence-corrected chi connectivity index (χ0v) is 16.4. The van der Waals surface area contributed by atoms with Crippen LogP contribution in [0.3, 0.4) is 0 Å². The van der Waals surface area contributed by atoms with Gasteiger partial charge < -0.3 is 16.0 Å². The molecule has 4 N–H and O–H groups in total. The number of nitrogens with one attached hydrogen (secondary N) is 2. The van der Waals surface area contributed by atoms with E-state index < -0.39 is 0 Å². The van der Waals surface area contributed by atoms with Gasteiger partial charge in [-0.25, -0.2) is 0 Å². The molecule has 0 saturated heterocycles. The maximum absolute atomic E-state index is 12.0. The molecular formula is C20H28N3O2S+. The highest BCUT2D eigenvalue weighted by molar-refractivity contribution is 7.10. The van der Waals surface area contributed by atoms with E-state index in [0.29, 0.717) is 5.92 Å². The summed E-state index contributed by atoms with van der Waals surface area (Å²) >= 11 is 1.69. The molecule has 5 nitrogen and oxygen atoms in total. The number of hydrogen-bond donors (Lipinski definition) is 3. The van der Waals surface area contributed by atoms with Crippen LogP contribution >= 0.6 is 11.3 Å². The lowest BCUT2D eigenvalue weighted by Gasteiger charge is -2.15. The molecule has 140 valence electrons. The molecular weight excluding hydrogens is 346 g/mol. The second kappa shape index (κ2) is 10.1. The first kappa shape index (κ1) is 20.1. The van der Waals surface area contributed by atoms with Crippen molar-refractivity contribution in [1.29, 1.82) is 0 Å². The largest absolute Gasteiger partial charge is 0.358 e. The van der Waals surface area contributed by atoms with Crippen molar-refractivity contribution in [2.45, 2.75) is 26.3 Å². The van der Waals surface area contributed by atoms with Gasteiger partial charge in [0.25, 0.3) is 5.91 Å². The SMILES string of the molecule is CNC(=O)CNC(=O)C[NH2+][C@H](c1ccc(CC(C)C)cc1)c1cccs1. The van der Waals surface area contributed by atoms with Gasteiger partial charge >= 0.3 is 0 Å². The molecule has 2 amide bonds. The van der Waals surface area contributed by atoms with Crippen molar-refractivity contribution in [3.05, 3.63) is 57.8 Å². The van der Waals surface area contributed by atoms with E-state index in [-0.39, 0.29) is 30.9 Å². The Morgan fingerprint density at radius 1 is 1.12 bits per heavy atom. The summed E-state index contributed by atoms with van der Waals surface area (Å²) in [5, 5.41) is 9.19. The molecule has 2 aromatic rings. The fourth-order valence-electron chi connectivity index (χ4n) is 2.78. The molecule has 1 heterocycles. The first-order chi connectivity index (χ1) is 12.5. The summed E-state index contributed by atoms with van der Waals surface area (Å²) in [5.41, 5.74) is 2.51. The van der Waals surface area contributed by atoms with E-state index in [0.717, 1.165) is 6.42 Å². The Balaban J connectivity index is 2.03. The van der Waals surface area contributed by atoms with Crippen LogP contribution in [0.1, 0.15) is 35.9 Å². The van der Waals surface area contributed by atoms with Gasteiger partial charge in [0.1, 0.15) is 6.04 Å². The molecule has 0 aliphatic rings. The van der Waals surface area contributed by atoms with E-state index in [1.54, 1.807) is 18.4 Å². The Labute approximate surface area is 159 Å². The fraction of sp³-hybridized carbons (Fsp3) is 0.400. The molecule has 0 unspecified atom stereocenters. The summed E-state index contributed by atoms with van der Waals surface area (Å²) in [4.78, 5) is 24.5. The normalized spacial score (nSPS) is 12.0. The van der Waals surface area contributed by atoms with E-state index in [4.69, 9.17) is 0 Å². The van der Waals surface area contributed by atoms with Crippen molar-refractivity contribution in [1.82, 2.24) is 10.6 Å². The zero-order valence-electron chi connectivity index (χ0n) is 15.6. The van der Waals surface area contributed by atoms with Crippen LogP contribution in [0.5, 0.6) is 0 Å². The van der Waals surface area contributed by atoms with Crippen molar-refractivity contribution in [3.8, 4) is 0 Å². The molecule has 2 rings (SSSR count). The third-order valence-electron chi connectivity index (χ3n) is 4.10. The minimum absolute atomic E-state index is 0.0107. The van der Waals surface area contributed by atoms with Crippen LogP contribution in [0.25, 0.3) is 0 Å². The first-order valence-corrected chi connectivity index (χ1v) is 9.80. The van der Waals surface area contributed by atoms with E-state index in [1.165, 1.54) is 16.0 Å². The lowest BCUT2D eigenvalue weighted by Crippen LogP contribution is -2.87. The molecule has 0 spiro atoms. The number of rotatable bonds is 9. The average Bonchev–Trinajstić information content (AvgIpc) is 3.15. The molecule has 1 atom stereocenters. The highest BCUT2D eigenvalue weighted by Gasteiger charge is 2.20. The van der Waals surface area contributed by atoms with E-state index in [9.17, 15) is 9.59 Å². The summed E-state index contributed by atoms with van der Waals surface area (Å²) < 4.78 is 0. The molecule has 26 heavy (non-hydrogen) atoms. The zero-order chi connectivity index (χ0) is 18.9. The summed E-state index contributed by atoms with van der Waals surface area (Å²) in [5.74, 6) is 0.282. The number of carbonyl (C=O) groups is 2. The predicted molar refractivity (Wildman–Crippen MR) is 105 cm³/mol. The Bertz CT molecular complexity index is 696. The Morgan fingerprint density at radius 3 is 2.42 bits per heavy atom. The molecule has 0 radical (unpaired) electrons. The summed E-state index contributed by atoms with van der Waals surface area (Å²) in [7, 11) is 1.55. The van der Waals surface area contributed by atoms with Crippen molar-refractivity contribution in [2.24, 2.45) is 5.92 Å². The van der Waals surface area contributed by atoms with Crippen molar-refractivity contribution in [2.75, 3.05) is 20.1 Å². The van der Waals surface area contributed by atoms with Crippen LogP contribution in [0, 0.1) is 5.92 Å². The number of thiophene rings is 1. The van der Waals surface area contributed by atoms with Crippen LogP contribution in [0.2, 0.25) is 0 Å². The fourth-order valence-corrected chi connectivity index (χ4v) is 3.63. The molecule has 0 bridgehead atoms. The maximum atomic E-state index is 12.0. The number of amides is 2. The highest BCUT2D eigenvalue weighted by atomic mass is 32.1. The van der Waals surface area contributed by atoms with Crippen LogP contribution in [0.4, 0.5) is 0 Å². The lowest BCUT2D eigenvalue weighted by molar-refractivity contribution is -0.676. The first-order valence-electron chi connectivity index (χ1n) is 8.92. The quantitative estimate of drug-likeness (QED) is 0.622.